The summed E-state index contributed by atoms with van der Waals surface area (Å²) >= 11 is 0. The minimum absolute atomic E-state index is 0.294. The zero-order chi connectivity index (χ0) is 9.68. The molecule has 0 fully saturated rings. The van der Waals surface area contributed by atoms with Gasteiger partial charge in [0, 0.05) is 0 Å². The lowest BCUT2D eigenvalue weighted by Gasteiger charge is -2.08. The van der Waals surface area contributed by atoms with Crippen LogP contribution in [-0.2, 0) is 4.89 Å². The monoisotopic (exact) mass is 182 g/mol. The van der Waals surface area contributed by atoms with E-state index in [1.807, 2.05) is 0 Å². The topological polar surface area (TPSA) is 44.8 Å². The molecule has 0 radical (unpaired) electrons. The van der Waals surface area contributed by atoms with Crippen molar-refractivity contribution >= 4 is 6.29 Å². The molecule has 4 heteroatoms. The second kappa shape index (κ2) is 4.47. The molecule has 0 N–H and O–H groups in total. The van der Waals surface area contributed by atoms with Gasteiger partial charge in [0.05, 0.1) is 19.8 Å². The van der Waals surface area contributed by atoms with Crippen LogP contribution in [0.3, 0.4) is 0 Å². The molecule has 1 aromatic rings. The maximum absolute atomic E-state index is 10.6. The quantitative estimate of drug-likeness (QED) is 0.401. The Labute approximate surface area is 76.0 Å². The van der Waals surface area contributed by atoms with E-state index >= 15 is 0 Å². The summed E-state index contributed by atoms with van der Waals surface area (Å²) in [6.45, 7) is 0. The van der Waals surface area contributed by atoms with Gasteiger partial charge < -0.3 is 9.62 Å². The van der Waals surface area contributed by atoms with E-state index in [-0.39, 0.29) is 0 Å². The van der Waals surface area contributed by atoms with Crippen LogP contribution in [0.1, 0.15) is 10.4 Å². The van der Waals surface area contributed by atoms with Gasteiger partial charge in [0.15, 0.2) is 12.0 Å². The first-order chi connectivity index (χ1) is 6.33. The van der Waals surface area contributed by atoms with Crippen LogP contribution in [0.4, 0.5) is 0 Å². The third-order valence-corrected chi connectivity index (χ3v) is 1.52. The number of hydrogen-bond acceptors (Lipinski definition) is 4. The number of aldehydes is 1. The Bertz CT molecular complexity index is 296. The number of rotatable bonds is 4. The Hall–Kier alpha value is -1.55. The van der Waals surface area contributed by atoms with Gasteiger partial charge in [-0.15, -0.1) is 0 Å². The molecule has 1 rings (SSSR count). The Morgan fingerprint density at radius 2 is 2.08 bits per heavy atom. The number of para-hydroxylation sites is 1. The fraction of sp³-hybridized carbons (Fsp3) is 0.222. The molecular formula is C9H10O4. The lowest BCUT2D eigenvalue weighted by molar-refractivity contribution is -0.179. The summed E-state index contributed by atoms with van der Waals surface area (Å²) in [5, 5.41) is 0. The van der Waals surface area contributed by atoms with Gasteiger partial charge in [-0.3, -0.25) is 4.79 Å². The first kappa shape index (κ1) is 9.54. The number of carbonyl (C=O) groups excluding carboxylic acids is 1. The van der Waals surface area contributed by atoms with Crippen LogP contribution in [-0.4, -0.2) is 20.5 Å². The summed E-state index contributed by atoms with van der Waals surface area (Å²) in [6.07, 6.45) is 0.677. The first-order valence-corrected chi connectivity index (χ1v) is 3.66. The van der Waals surface area contributed by atoms with Crippen LogP contribution in [0.15, 0.2) is 18.2 Å². The fourth-order valence-corrected chi connectivity index (χ4v) is 0.959. The number of hydrogen-bond donors (Lipinski definition) is 0. The molecule has 4 nitrogen and oxygen atoms in total. The molecule has 0 heterocycles. The average molecular weight is 182 g/mol. The van der Waals surface area contributed by atoms with E-state index in [2.05, 4.69) is 4.89 Å². The van der Waals surface area contributed by atoms with E-state index in [9.17, 15) is 4.79 Å². The Morgan fingerprint density at radius 1 is 1.31 bits per heavy atom. The van der Waals surface area contributed by atoms with Gasteiger partial charge in [-0.25, -0.2) is 0 Å². The normalized spacial score (nSPS) is 9.38. The molecular weight excluding hydrogens is 172 g/mol. The van der Waals surface area contributed by atoms with Crippen LogP contribution in [0.2, 0.25) is 0 Å². The van der Waals surface area contributed by atoms with Crippen LogP contribution < -0.4 is 9.62 Å². The van der Waals surface area contributed by atoms with E-state index in [0.29, 0.717) is 23.3 Å². The van der Waals surface area contributed by atoms with E-state index < -0.39 is 0 Å². The highest BCUT2D eigenvalue weighted by molar-refractivity contribution is 5.81. The molecule has 0 aromatic heterocycles. The predicted octanol–water partition coefficient (Wildman–Crippen LogP) is 1.45. The van der Waals surface area contributed by atoms with Crippen LogP contribution in [0.25, 0.3) is 0 Å². The smallest absolute Gasteiger partial charge is 0.217 e. The molecule has 0 atom stereocenters. The molecule has 0 unspecified atom stereocenters. The van der Waals surface area contributed by atoms with Crippen molar-refractivity contribution in [3.8, 4) is 11.5 Å². The fourth-order valence-electron chi connectivity index (χ4n) is 0.959. The molecule has 70 valence electrons. The Morgan fingerprint density at radius 3 is 2.62 bits per heavy atom. The molecule has 0 saturated heterocycles. The maximum Gasteiger partial charge on any atom is 0.217 e. The highest BCUT2D eigenvalue weighted by Gasteiger charge is 2.10. The van der Waals surface area contributed by atoms with E-state index in [0.717, 1.165) is 0 Å². The van der Waals surface area contributed by atoms with Gasteiger partial charge >= 0.3 is 0 Å². The molecule has 0 bridgehead atoms. The third kappa shape index (κ3) is 1.97. The summed E-state index contributed by atoms with van der Waals surface area (Å²) in [4.78, 5) is 19.8. The second-order valence-corrected chi connectivity index (χ2v) is 2.25. The van der Waals surface area contributed by atoms with Crippen LogP contribution >= 0.6 is 0 Å². The number of carbonyl (C=O) groups is 1. The summed E-state index contributed by atoms with van der Waals surface area (Å²) in [5.74, 6) is 0.758. The van der Waals surface area contributed by atoms with Gasteiger partial charge in [-0.05, 0) is 12.1 Å². The van der Waals surface area contributed by atoms with E-state index in [4.69, 9.17) is 9.62 Å². The van der Waals surface area contributed by atoms with Crippen LogP contribution in [0, 0.1) is 0 Å². The van der Waals surface area contributed by atoms with Crippen molar-refractivity contribution in [2.45, 2.75) is 0 Å². The van der Waals surface area contributed by atoms with Gasteiger partial charge in [-0.1, -0.05) is 6.07 Å². The molecule has 0 aliphatic carbocycles. The molecule has 0 aliphatic rings. The van der Waals surface area contributed by atoms with Crippen molar-refractivity contribution < 1.29 is 19.3 Å². The SMILES string of the molecule is COOc1c(C=O)cccc1OC. The lowest BCUT2D eigenvalue weighted by Crippen LogP contribution is -1.98. The predicted molar refractivity (Wildman–Crippen MR) is 46.0 cm³/mol. The van der Waals surface area contributed by atoms with E-state index in [1.54, 1.807) is 18.2 Å². The minimum atomic E-state index is 0.294. The molecule has 0 saturated carbocycles. The van der Waals surface area contributed by atoms with E-state index in [1.165, 1.54) is 14.2 Å². The third-order valence-electron chi connectivity index (χ3n) is 1.52. The van der Waals surface area contributed by atoms with Crippen molar-refractivity contribution in [3.05, 3.63) is 23.8 Å². The van der Waals surface area contributed by atoms with Crippen molar-refractivity contribution in [3.63, 3.8) is 0 Å². The zero-order valence-electron chi connectivity index (χ0n) is 7.44. The molecule has 0 aliphatic heterocycles. The standard InChI is InChI=1S/C9H10O4/c1-11-8-5-3-4-7(6-10)9(8)13-12-2/h3-6H,1-2H3. The van der Waals surface area contributed by atoms with Crippen molar-refractivity contribution in [2.75, 3.05) is 14.2 Å². The summed E-state index contributed by atoms with van der Waals surface area (Å²) in [7, 11) is 2.85. The summed E-state index contributed by atoms with van der Waals surface area (Å²) < 4.78 is 4.98. The minimum Gasteiger partial charge on any atom is -0.493 e. The second-order valence-electron chi connectivity index (χ2n) is 2.25. The lowest BCUT2D eigenvalue weighted by atomic mass is 10.2. The van der Waals surface area contributed by atoms with Gasteiger partial charge in [-0.2, -0.15) is 4.89 Å². The summed E-state index contributed by atoms with van der Waals surface area (Å²) in [6, 6.07) is 5.00. The van der Waals surface area contributed by atoms with Gasteiger partial charge in [0.25, 0.3) is 0 Å². The maximum atomic E-state index is 10.6. The largest absolute Gasteiger partial charge is 0.493 e. The first-order valence-electron chi connectivity index (χ1n) is 3.66. The molecule has 0 amide bonds. The van der Waals surface area contributed by atoms with Crippen molar-refractivity contribution in [1.29, 1.82) is 0 Å². The van der Waals surface area contributed by atoms with Gasteiger partial charge in [0.1, 0.15) is 0 Å². The Kier molecular flexibility index (Phi) is 3.28. The van der Waals surface area contributed by atoms with Crippen molar-refractivity contribution in [2.24, 2.45) is 0 Å². The molecule has 13 heavy (non-hydrogen) atoms. The average Bonchev–Trinajstić information content (AvgIpc) is 2.18. The Balaban J connectivity index is 3.12. The highest BCUT2D eigenvalue weighted by Crippen LogP contribution is 2.29. The van der Waals surface area contributed by atoms with Crippen LogP contribution in [0.5, 0.6) is 11.5 Å². The summed E-state index contributed by atoms with van der Waals surface area (Å²) in [5.41, 5.74) is 0.390. The van der Waals surface area contributed by atoms with Gasteiger partial charge in [0.2, 0.25) is 5.75 Å². The zero-order valence-corrected chi connectivity index (χ0v) is 7.44. The van der Waals surface area contributed by atoms with Crippen molar-refractivity contribution in [1.82, 2.24) is 0 Å². The number of ether oxygens (including phenoxy) is 1. The molecule has 0 spiro atoms. The molecule has 1 aromatic carbocycles. The number of benzene rings is 1. The number of methoxy groups -OCH3 is 1. The highest BCUT2D eigenvalue weighted by atomic mass is 17.2.